The van der Waals surface area contributed by atoms with E-state index in [1.54, 1.807) is 0 Å². The summed E-state index contributed by atoms with van der Waals surface area (Å²) in [6.07, 6.45) is 0. The van der Waals surface area contributed by atoms with Crippen molar-refractivity contribution < 1.29 is 0 Å². The Labute approximate surface area is 273 Å². The lowest BCUT2D eigenvalue weighted by Gasteiger charge is -2.35. The summed E-state index contributed by atoms with van der Waals surface area (Å²) in [5.74, 6) is 0. The Bertz CT molecular complexity index is 2670. The number of aromatic nitrogens is 2. The fourth-order valence-electron chi connectivity index (χ4n) is 8.19. The van der Waals surface area contributed by atoms with Gasteiger partial charge in [-0.25, -0.2) is 0 Å². The monoisotopic (exact) mass is 600 g/mol. The van der Waals surface area contributed by atoms with Crippen molar-refractivity contribution in [2.75, 3.05) is 0 Å². The molecule has 3 heterocycles. The number of rotatable bonds is 3. The van der Waals surface area contributed by atoms with Gasteiger partial charge in [-0.3, -0.25) is 0 Å². The van der Waals surface area contributed by atoms with E-state index < -0.39 is 0 Å². The molecule has 0 bridgehead atoms. The minimum atomic E-state index is -0.153. The Hall–Kier alpha value is -5.86. The minimum Gasteiger partial charge on any atom is -0.309 e. The van der Waals surface area contributed by atoms with Crippen molar-refractivity contribution in [2.45, 2.75) is 19.3 Å². The van der Waals surface area contributed by atoms with Crippen LogP contribution in [0.15, 0.2) is 158 Å². The van der Waals surface area contributed by atoms with Crippen LogP contribution in [-0.2, 0) is 5.41 Å². The third-order valence-electron chi connectivity index (χ3n) is 10.5. The minimum absolute atomic E-state index is 0.153. The molecule has 1 aliphatic rings. The molecule has 0 spiro atoms. The second-order valence-corrected chi connectivity index (χ2v) is 13.4. The quantitative estimate of drug-likeness (QED) is 0.191. The molecule has 222 valence electrons. The highest BCUT2D eigenvalue weighted by atomic mass is 15.0. The Kier molecular flexibility index (Phi) is 5.37. The number of hydrogen-bond donors (Lipinski definition) is 0. The zero-order valence-electron chi connectivity index (χ0n) is 26.4. The van der Waals surface area contributed by atoms with Gasteiger partial charge in [-0.1, -0.05) is 117 Å². The number of benzene rings is 7. The van der Waals surface area contributed by atoms with E-state index in [1.807, 2.05) is 0 Å². The van der Waals surface area contributed by atoms with Crippen molar-refractivity contribution >= 4 is 43.6 Å². The van der Waals surface area contributed by atoms with E-state index in [2.05, 4.69) is 181 Å². The average molecular weight is 601 g/mol. The molecule has 2 nitrogen and oxygen atoms in total. The molecule has 2 aromatic heterocycles. The van der Waals surface area contributed by atoms with Crippen molar-refractivity contribution in [3.05, 3.63) is 169 Å². The van der Waals surface area contributed by atoms with Crippen molar-refractivity contribution in [2.24, 2.45) is 0 Å². The molecule has 1 aliphatic heterocycles. The van der Waals surface area contributed by atoms with E-state index in [1.165, 1.54) is 88.4 Å². The molecule has 0 unspecified atom stereocenters. The molecule has 0 saturated heterocycles. The van der Waals surface area contributed by atoms with E-state index >= 15 is 0 Å². The standard InChI is InChI=1S/C45H32N2/c1-45(2)38-20-12-13-21-41(38)47-43-28-42-35(27-36(43)37-25-32(26-39(45)44(37)47)30-16-8-4-9-17-30)34-24-31(29-14-6-3-7-15-29)22-23-40(34)46(42)33-18-10-5-11-19-33/h3-28H,1-2H3. The van der Waals surface area contributed by atoms with Gasteiger partial charge in [0.25, 0.3) is 0 Å². The third-order valence-corrected chi connectivity index (χ3v) is 10.5. The second kappa shape index (κ2) is 9.57. The molecule has 0 amide bonds. The molecule has 0 atom stereocenters. The molecular formula is C45H32N2. The number of fused-ring (bicyclic) bond motifs is 8. The summed E-state index contributed by atoms with van der Waals surface area (Å²) in [6.45, 7) is 4.77. The van der Waals surface area contributed by atoms with Gasteiger partial charge in [0, 0.05) is 32.6 Å². The molecule has 0 saturated carbocycles. The maximum Gasteiger partial charge on any atom is 0.0582 e. The molecule has 0 radical (unpaired) electrons. The van der Waals surface area contributed by atoms with Gasteiger partial charge in [0.1, 0.15) is 0 Å². The summed E-state index contributed by atoms with van der Waals surface area (Å²) in [7, 11) is 0. The SMILES string of the molecule is CC1(C)c2ccccc2-n2c3cc4c(cc3c3cc(-c5ccccc5)cc1c32)c1cc(-c2ccccc2)ccc1n4-c1ccccc1. The molecule has 0 aliphatic carbocycles. The maximum absolute atomic E-state index is 2.54. The van der Waals surface area contributed by atoms with Crippen molar-refractivity contribution in [1.82, 2.24) is 9.13 Å². The zero-order chi connectivity index (χ0) is 31.3. The Balaban J connectivity index is 1.39. The summed E-state index contributed by atoms with van der Waals surface area (Å²) in [6, 6.07) is 58.1. The first-order valence-corrected chi connectivity index (χ1v) is 16.4. The van der Waals surface area contributed by atoms with Gasteiger partial charge in [0.15, 0.2) is 0 Å². The summed E-state index contributed by atoms with van der Waals surface area (Å²) < 4.78 is 4.98. The largest absolute Gasteiger partial charge is 0.309 e. The molecule has 2 heteroatoms. The summed E-state index contributed by atoms with van der Waals surface area (Å²) >= 11 is 0. The van der Waals surface area contributed by atoms with Gasteiger partial charge in [-0.15, -0.1) is 0 Å². The average Bonchev–Trinajstić information content (AvgIpc) is 3.62. The van der Waals surface area contributed by atoms with Crippen LogP contribution in [0.3, 0.4) is 0 Å². The Morgan fingerprint density at radius 3 is 1.70 bits per heavy atom. The highest BCUT2D eigenvalue weighted by molar-refractivity contribution is 6.21. The van der Waals surface area contributed by atoms with Crippen LogP contribution in [0, 0.1) is 0 Å². The van der Waals surface area contributed by atoms with Crippen LogP contribution in [0.1, 0.15) is 25.0 Å². The predicted octanol–water partition coefficient (Wildman–Crippen LogP) is 11.9. The van der Waals surface area contributed by atoms with Crippen LogP contribution >= 0.6 is 0 Å². The van der Waals surface area contributed by atoms with Crippen LogP contribution in [0.25, 0.3) is 77.2 Å². The molecular weight excluding hydrogens is 569 g/mol. The van der Waals surface area contributed by atoms with E-state index in [4.69, 9.17) is 0 Å². The predicted molar refractivity (Wildman–Crippen MR) is 198 cm³/mol. The molecule has 10 rings (SSSR count). The van der Waals surface area contributed by atoms with Crippen LogP contribution in [0.5, 0.6) is 0 Å². The first-order chi connectivity index (χ1) is 23.1. The van der Waals surface area contributed by atoms with Crippen molar-refractivity contribution in [3.8, 4) is 33.6 Å². The molecule has 47 heavy (non-hydrogen) atoms. The topological polar surface area (TPSA) is 9.86 Å². The summed E-state index contributed by atoms with van der Waals surface area (Å²) in [4.78, 5) is 0. The van der Waals surface area contributed by atoms with E-state index in [-0.39, 0.29) is 5.41 Å². The first kappa shape index (κ1) is 26.4. The molecule has 7 aromatic carbocycles. The van der Waals surface area contributed by atoms with Gasteiger partial charge in [0.05, 0.1) is 27.8 Å². The first-order valence-electron chi connectivity index (χ1n) is 16.4. The van der Waals surface area contributed by atoms with E-state index in [0.29, 0.717) is 0 Å². The number of nitrogens with zero attached hydrogens (tertiary/aromatic N) is 2. The van der Waals surface area contributed by atoms with E-state index in [9.17, 15) is 0 Å². The van der Waals surface area contributed by atoms with Crippen LogP contribution < -0.4 is 0 Å². The lowest BCUT2D eigenvalue weighted by atomic mass is 9.74. The Morgan fingerprint density at radius 2 is 0.957 bits per heavy atom. The lowest BCUT2D eigenvalue weighted by molar-refractivity contribution is 0.630. The maximum atomic E-state index is 2.54. The molecule has 9 aromatic rings. The highest BCUT2D eigenvalue weighted by Crippen LogP contribution is 2.50. The van der Waals surface area contributed by atoms with Crippen molar-refractivity contribution in [1.29, 1.82) is 0 Å². The molecule has 0 N–H and O–H groups in total. The smallest absolute Gasteiger partial charge is 0.0582 e. The second-order valence-electron chi connectivity index (χ2n) is 13.4. The van der Waals surface area contributed by atoms with Crippen LogP contribution in [0.2, 0.25) is 0 Å². The third kappa shape index (κ3) is 3.67. The molecule has 0 fully saturated rings. The van der Waals surface area contributed by atoms with Gasteiger partial charge in [-0.05, 0) is 88.0 Å². The normalized spacial score (nSPS) is 13.5. The van der Waals surface area contributed by atoms with Gasteiger partial charge < -0.3 is 9.13 Å². The fraction of sp³-hybridized carbons (Fsp3) is 0.0667. The highest BCUT2D eigenvalue weighted by Gasteiger charge is 2.35. The summed E-state index contributed by atoms with van der Waals surface area (Å²) in [5, 5.41) is 5.13. The zero-order valence-corrected chi connectivity index (χ0v) is 26.4. The Morgan fingerprint density at radius 1 is 0.383 bits per heavy atom. The van der Waals surface area contributed by atoms with Crippen molar-refractivity contribution in [3.63, 3.8) is 0 Å². The number of para-hydroxylation sites is 2. The van der Waals surface area contributed by atoms with Crippen LogP contribution in [-0.4, -0.2) is 9.13 Å². The van der Waals surface area contributed by atoms with E-state index in [0.717, 1.165) is 0 Å². The van der Waals surface area contributed by atoms with Gasteiger partial charge in [0.2, 0.25) is 0 Å². The lowest BCUT2D eigenvalue weighted by Crippen LogP contribution is -2.26. The fourth-order valence-corrected chi connectivity index (χ4v) is 8.19. The van der Waals surface area contributed by atoms with Gasteiger partial charge in [-0.2, -0.15) is 0 Å². The summed E-state index contributed by atoms with van der Waals surface area (Å²) in [5.41, 5.74) is 15.0. The van der Waals surface area contributed by atoms with Crippen LogP contribution in [0.4, 0.5) is 0 Å². The number of hydrogen-bond acceptors (Lipinski definition) is 0. The van der Waals surface area contributed by atoms with Gasteiger partial charge >= 0.3 is 0 Å².